The Hall–Kier alpha value is -0.220. The Morgan fingerprint density at radius 2 is 2.09 bits per heavy atom. The molecule has 1 aromatic rings. The Morgan fingerprint density at radius 3 is 2.73 bits per heavy atom. The van der Waals surface area contributed by atoms with Crippen LogP contribution in [0.15, 0.2) is 17.7 Å². The summed E-state index contributed by atoms with van der Waals surface area (Å²) in [5.41, 5.74) is 1.58. The highest BCUT2D eigenvalue weighted by atomic mass is 31.1. The van der Waals surface area contributed by atoms with E-state index < -0.39 is 0 Å². The topological polar surface area (TPSA) is 0 Å². The highest BCUT2D eigenvalue weighted by molar-refractivity contribution is 7.47. The summed E-state index contributed by atoms with van der Waals surface area (Å²) in [5, 5.41) is 0. The molecule has 0 saturated heterocycles. The molecule has 1 rings (SSSR count). The highest BCUT2D eigenvalue weighted by Gasteiger charge is 1.94. The summed E-state index contributed by atoms with van der Waals surface area (Å²) in [7, 11) is 0.161. The van der Waals surface area contributed by atoms with Gasteiger partial charge in [0.1, 0.15) is 0 Å². The van der Waals surface area contributed by atoms with Crippen LogP contribution in [-0.4, -0.2) is 0 Å². The van der Waals surface area contributed by atoms with E-state index in [-0.39, 0.29) is 7.53 Å². The molecule has 1 unspecified atom stereocenters. The molecule has 0 aliphatic heterocycles. The van der Waals surface area contributed by atoms with Crippen molar-refractivity contribution in [3.63, 3.8) is 0 Å². The molecule has 11 heavy (non-hydrogen) atoms. The van der Waals surface area contributed by atoms with Crippen molar-refractivity contribution >= 4 is 7.53 Å². The van der Waals surface area contributed by atoms with Gasteiger partial charge in [-0.2, -0.15) is 0 Å². The molecule has 1 atom stereocenters. The van der Waals surface area contributed by atoms with Crippen molar-refractivity contribution < 1.29 is 0 Å². The molecular formula is C10H17P. The fraction of sp³-hybridized carbons (Fsp3) is 0.600. The molecule has 0 fully saturated rings. The molecule has 0 aliphatic carbocycles. The van der Waals surface area contributed by atoms with Gasteiger partial charge in [-0.3, -0.25) is 0 Å². The van der Waals surface area contributed by atoms with Gasteiger partial charge in [0.25, 0.3) is 0 Å². The number of hydrogen-bond donors (Lipinski definition) is 0. The van der Waals surface area contributed by atoms with Crippen LogP contribution in [0.25, 0.3) is 0 Å². The van der Waals surface area contributed by atoms with Crippen molar-refractivity contribution in [3.8, 4) is 0 Å². The Bertz CT molecular complexity index is 180. The summed E-state index contributed by atoms with van der Waals surface area (Å²) in [5.74, 6) is 4.89. The number of aryl methyl sites for hydroxylation is 2. The van der Waals surface area contributed by atoms with E-state index >= 15 is 0 Å². The van der Waals surface area contributed by atoms with E-state index in [9.17, 15) is 0 Å². The standard InChI is InChI=1S/C10H17P/c1-3-5-10-6-8-11(9-10)7-4-2/h6,8-9H,3-5,7H2,1-2H3. The lowest BCUT2D eigenvalue weighted by molar-refractivity contribution is 0.926. The van der Waals surface area contributed by atoms with Crippen molar-refractivity contribution in [3.05, 3.63) is 23.2 Å². The smallest absolute Gasteiger partial charge is 0.0144 e. The van der Waals surface area contributed by atoms with E-state index in [1.165, 1.54) is 25.4 Å². The van der Waals surface area contributed by atoms with E-state index in [1.807, 2.05) is 0 Å². The molecule has 0 radical (unpaired) electrons. The second-order valence-corrected chi connectivity index (χ2v) is 5.04. The number of rotatable bonds is 4. The second kappa shape index (κ2) is 4.62. The van der Waals surface area contributed by atoms with Gasteiger partial charge >= 0.3 is 0 Å². The summed E-state index contributed by atoms with van der Waals surface area (Å²) >= 11 is 0. The van der Waals surface area contributed by atoms with Gasteiger partial charge in [0.05, 0.1) is 0 Å². The normalized spacial score (nSPS) is 12.0. The second-order valence-electron chi connectivity index (χ2n) is 3.01. The van der Waals surface area contributed by atoms with E-state index in [2.05, 4.69) is 31.5 Å². The average Bonchev–Trinajstić information content (AvgIpc) is 2.38. The Labute approximate surface area is 70.7 Å². The summed E-state index contributed by atoms with van der Waals surface area (Å²) in [6.45, 7) is 4.51. The third kappa shape index (κ3) is 2.71. The van der Waals surface area contributed by atoms with E-state index in [0.29, 0.717) is 0 Å². The van der Waals surface area contributed by atoms with Crippen LogP contribution in [0.3, 0.4) is 0 Å². The Kier molecular flexibility index (Phi) is 3.72. The molecule has 1 heterocycles. The molecule has 0 spiro atoms. The SMILES string of the molecule is CCCc1ccp(CCC)c1. The molecular weight excluding hydrogens is 151 g/mol. The minimum atomic E-state index is 0.161. The maximum Gasteiger partial charge on any atom is -0.0144 e. The van der Waals surface area contributed by atoms with Gasteiger partial charge in [-0.05, 0) is 36.2 Å². The minimum Gasteiger partial charge on any atom is -0.125 e. The third-order valence-corrected chi connectivity index (χ3v) is 3.99. The molecule has 62 valence electrons. The average molecular weight is 168 g/mol. The van der Waals surface area contributed by atoms with E-state index in [1.54, 1.807) is 5.56 Å². The predicted molar refractivity (Wildman–Crippen MR) is 53.4 cm³/mol. The van der Waals surface area contributed by atoms with Crippen molar-refractivity contribution in [1.82, 2.24) is 0 Å². The lowest BCUT2D eigenvalue weighted by atomic mass is 10.2. The molecule has 1 aromatic heterocycles. The maximum atomic E-state index is 2.49. The molecule has 1 heteroatoms. The van der Waals surface area contributed by atoms with Gasteiger partial charge in [-0.15, -0.1) is 7.53 Å². The molecule has 0 nitrogen and oxygen atoms in total. The minimum absolute atomic E-state index is 0.161. The van der Waals surface area contributed by atoms with Crippen LogP contribution in [-0.2, 0) is 12.6 Å². The number of hydrogen-bond acceptors (Lipinski definition) is 0. The fourth-order valence-corrected chi connectivity index (χ4v) is 3.23. The third-order valence-electron chi connectivity index (χ3n) is 1.83. The fourth-order valence-electron chi connectivity index (χ4n) is 1.32. The molecule has 0 saturated carbocycles. The van der Waals surface area contributed by atoms with Crippen molar-refractivity contribution in [2.75, 3.05) is 0 Å². The molecule has 0 aliphatic rings. The van der Waals surface area contributed by atoms with Crippen LogP contribution in [0, 0.1) is 0 Å². The molecule has 0 aromatic carbocycles. The monoisotopic (exact) mass is 168 g/mol. The lowest BCUT2D eigenvalue weighted by Gasteiger charge is -1.92. The van der Waals surface area contributed by atoms with Gasteiger partial charge in [0, 0.05) is 0 Å². The summed E-state index contributed by atoms with van der Waals surface area (Å²) in [4.78, 5) is 0. The van der Waals surface area contributed by atoms with Gasteiger partial charge in [0.15, 0.2) is 0 Å². The van der Waals surface area contributed by atoms with Crippen LogP contribution in [0.1, 0.15) is 32.3 Å². The Balaban J connectivity index is 2.51. The lowest BCUT2D eigenvalue weighted by Crippen LogP contribution is -1.74. The summed E-state index contributed by atoms with van der Waals surface area (Å²) < 4.78 is 0. The van der Waals surface area contributed by atoms with Crippen molar-refractivity contribution in [2.45, 2.75) is 39.3 Å². The van der Waals surface area contributed by atoms with Crippen LogP contribution in [0.5, 0.6) is 0 Å². The molecule has 0 N–H and O–H groups in total. The first-order chi connectivity index (χ1) is 5.36. The first kappa shape index (κ1) is 8.87. The first-order valence-corrected chi connectivity index (χ1v) is 6.18. The van der Waals surface area contributed by atoms with Crippen LogP contribution < -0.4 is 0 Å². The zero-order chi connectivity index (χ0) is 8.10. The molecule has 0 amide bonds. The maximum absolute atomic E-state index is 2.49. The largest absolute Gasteiger partial charge is 0.125 e. The van der Waals surface area contributed by atoms with Crippen molar-refractivity contribution in [1.29, 1.82) is 0 Å². The van der Waals surface area contributed by atoms with Crippen molar-refractivity contribution in [2.24, 2.45) is 0 Å². The summed E-state index contributed by atoms with van der Waals surface area (Å²) in [6.07, 6.45) is 5.27. The predicted octanol–water partition coefficient (Wildman–Crippen LogP) is 4.04. The van der Waals surface area contributed by atoms with Gasteiger partial charge < -0.3 is 0 Å². The zero-order valence-corrected chi connectivity index (χ0v) is 8.40. The summed E-state index contributed by atoms with van der Waals surface area (Å²) in [6, 6.07) is 2.32. The van der Waals surface area contributed by atoms with Crippen LogP contribution in [0.4, 0.5) is 0 Å². The van der Waals surface area contributed by atoms with Crippen LogP contribution in [0.2, 0.25) is 0 Å². The Morgan fingerprint density at radius 1 is 1.27 bits per heavy atom. The first-order valence-electron chi connectivity index (χ1n) is 4.51. The molecule has 0 bridgehead atoms. The van der Waals surface area contributed by atoms with Crippen LogP contribution >= 0.6 is 7.53 Å². The van der Waals surface area contributed by atoms with Gasteiger partial charge in [-0.1, -0.05) is 26.3 Å². The van der Waals surface area contributed by atoms with Gasteiger partial charge in [0.2, 0.25) is 0 Å². The highest BCUT2D eigenvalue weighted by Crippen LogP contribution is 2.31. The quantitative estimate of drug-likeness (QED) is 0.636. The van der Waals surface area contributed by atoms with Gasteiger partial charge in [-0.25, -0.2) is 0 Å². The zero-order valence-electron chi connectivity index (χ0n) is 7.51. The van der Waals surface area contributed by atoms with E-state index in [4.69, 9.17) is 0 Å². The van der Waals surface area contributed by atoms with E-state index in [0.717, 1.165) is 0 Å².